The minimum absolute atomic E-state index is 0.307. The van der Waals surface area contributed by atoms with E-state index in [2.05, 4.69) is 11.9 Å². The Morgan fingerprint density at radius 1 is 1.62 bits per heavy atom. The van der Waals surface area contributed by atoms with Crippen molar-refractivity contribution < 1.29 is 5.11 Å². The third kappa shape index (κ3) is 1.51. The van der Waals surface area contributed by atoms with E-state index in [9.17, 15) is 5.11 Å². The van der Waals surface area contributed by atoms with Crippen LogP contribution in [0.3, 0.4) is 0 Å². The van der Waals surface area contributed by atoms with Crippen molar-refractivity contribution in [2.45, 2.75) is 39.2 Å². The summed E-state index contributed by atoms with van der Waals surface area (Å²) in [7, 11) is 0. The quantitative estimate of drug-likeness (QED) is 0.750. The second kappa shape index (κ2) is 3.39. The fraction of sp³-hybridized carbons (Fsp3) is 0.700. The fourth-order valence-corrected chi connectivity index (χ4v) is 3.01. The summed E-state index contributed by atoms with van der Waals surface area (Å²) in [4.78, 5) is 5.70. The number of hydrogen-bond acceptors (Lipinski definition) is 3. The first kappa shape index (κ1) is 9.16. The van der Waals surface area contributed by atoms with Gasteiger partial charge in [0.15, 0.2) is 0 Å². The fourth-order valence-electron chi connectivity index (χ4n) is 2.02. The third-order valence-electron chi connectivity index (χ3n) is 2.83. The summed E-state index contributed by atoms with van der Waals surface area (Å²) in [5, 5.41) is 11.1. The molecule has 0 saturated carbocycles. The van der Waals surface area contributed by atoms with Crippen molar-refractivity contribution in [2.75, 3.05) is 0 Å². The maximum atomic E-state index is 9.98. The summed E-state index contributed by atoms with van der Waals surface area (Å²) in [6.45, 7) is 4.15. The summed E-state index contributed by atoms with van der Waals surface area (Å²) in [5.74, 6) is 0.425. The van der Waals surface area contributed by atoms with Gasteiger partial charge in [0.2, 0.25) is 0 Å². The molecule has 0 fully saturated rings. The van der Waals surface area contributed by atoms with Gasteiger partial charge in [-0.25, -0.2) is 4.98 Å². The number of thiazole rings is 1. The molecule has 0 aliphatic heterocycles. The van der Waals surface area contributed by atoms with Crippen molar-refractivity contribution in [3.8, 4) is 0 Å². The van der Waals surface area contributed by atoms with Crippen molar-refractivity contribution in [2.24, 2.45) is 5.92 Å². The average Bonchev–Trinajstić information content (AvgIpc) is 2.47. The first-order valence-electron chi connectivity index (χ1n) is 4.86. The molecule has 0 aromatic carbocycles. The van der Waals surface area contributed by atoms with Crippen LogP contribution in [0.4, 0.5) is 0 Å². The van der Waals surface area contributed by atoms with Crippen molar-refractivity contribution in [3.63, 3.8) is 0 Å². The second-order valence-electron chi connectivity index (χ2n) is 3.69. The number of nitrogens with zero attached hydrogens (tertiary/aromatic N) is 1. The molecular weight excluding hydrogens is 182 g/mol. The Bertz CT molecular complexity index is 308. The van der Waals surface area contributed by atoms with Crippen LogP contribution < -0.4 is 0 Å². The minimum Gasteiger partial charge on any atom is -0.386 e. The van der Waals surface area contributed by atoms with E-state index in [1.807, 2.05) is 6.92 Å². The van der Waals surface area contributed by atoms with Gasteiger partial charge in [0, 0.05) is 4.88 Å². The zero-order valence-electron chi connectivity index (χ0n) is 8.08. The number of hydrogen-bond donors (Lipinski definition) is 1. The molecule has 2 nitrogen and oxygen atoms in total. The van der Waals surface area contributed by atoms with Gasteiger partial charge >= 0.3 is 0 Å². The van der Waals surface area contributed by atoms with Gasteiger partial charge in [-0.05, 0) is 25.7 Å². The van der Waals surface area contributed by atoms with Crippen LogP contribution in [-0.2, 0) is 6.42 Å². The van der Waals surface area contributed by atoms with E-state index in [1.54, 1.807) is 11.3 Å². The number of rotatable bonds is 1. The topological polar surface area (TPSA) is 33.1 Å². The summed E-state index contributed by atoms with van der Waals surface area (Å²) < 4.78 is 0. The van der Waals surface area contributed by atoms with E-state index in [1.165, 1.54) is 4.88 Å². The predicted molar refractivity (Wildman–Crippen MR) is 53.9 cm³/mol. The molecule has 0 amide bonds. The molecule has 0 bridgehead atoms. The van der Waals surface area contributed by atoms with E-state index in [0.29, 0.717) is 5.92 Å². The van der Waals surface area contributed by atoms with Crippen molar-refractivity contribution >= 4 is 11.3 Å². The third-order valence-corrected chi connectivity index (χ3v) is 3.87. The number of aliphatic hydroxyl groups is 1. The maximum Gasteiger partial charge on any atom is 0.0999 e. The average molecular weight is 197 g/mol. The highest BCUT2D eigenvalue weighted by Gasteiger charge is 2.29. The summed E-state index contributed by atoms with van der Waals surface area (Å²) >= 11 is 1.74. The molecule has 13 heavy (non-hydrogen) atoms. The highest BCUT2D eigenvalue weighted by atomic mass is 32.1. The molecule has 1 aliphatic rings. The molecule has 1 aromatic rings. The van der Waals surface area contributed by atoms with Gasteiger partial charge in [-0.15, -0.1) is 11.3 Å². The van der Waals surface area contributed by atoms with Crippen LogP contribution in [-0.4, -0.2) is 10.1 Å². The largest absolute Gasteiger partial charge is 0.386 e. The van der Waals surface area contributed by atoms with E-state index in [-0.39, 0.29) is 6.10 Å². The maximum absolute atomic E-state index is 9.98. The van der Waals surface area contributed by atoms with Crippen molar-refractivity contribution in [1.82, 2.24) is 4.98 Å². The first-order valence-corrected chi connectivity index (χ1v) is 5.68. The molecule has 1 aliphatic carbocycles. The smallest absolute Gasteiger partial charge is 0.0999 e. The zero-order chi connectivity index (χ0) is 9.42. The molecular formula is C10H15NOS. The lowest BCUT2D eigenvalue weighted by Crippen LogP contribution is -2.19. The van der Waals surface area contributed by atoms with Gasteiger partial charge < -0.3 is 5.11 Å². The van der Waals surface area contributed by atoms with Gasteiger partial charge in [0.1, 0.15) is 0 Å². The summed E-state index contributed by atoms with van der Waals surface area (Å²) in [6.07, 6.45) is 2.97. The first-order chi connectivity index (χ1) is 6.22. The molecule has 0 saturated heterocycles. The monoisotopic (exact) mass is 197 g/mol. The lowest BCUT2D eigenvalue weighted by Gasteiger charge is -2.25. The Kier molecular flexibility index (Phi) is 2.39. The number of aliphatic hydroxyl groups excluding tert-OH is 1. The molecule has 2 unspecified atom stereocenters. The molecule has 0 radical (unpaired) electrons. The van der Waals surface area contributed by atoms with Crippen molar-refractivity contribution in [3.05, 3.63) is 15.6 Å². The van der Waals surface area contributed by atoms with Crippen molar-refractivity contribution in [1.29, 1.82) is 0 Å². The second-order valence-corrected chi connectivity index (χ2v) is 4.98. The molecule has 1 heterocycles. The van der Waals surface area contributed by atoms with E-state index >= 15 is 0 Å². The lowest BCUT2D eigenvalue weighted by molar-refractivity contribution is 0.0883. The SMILES string of the molecule is CCC1CCc2sc(C)nc2C1O. The van der Waals surface area contributed by atoms with Gasteiger partial charge in [0.25, 0.3) is 0 Å². The van der Waals surface area contributed by atoms with Crippen LogP contribution in [0, 0.1) is 12.8 Å². The Hall–Kier alpha value is -0.410. The summed E-state index contributed by atoms with van der Waals surface area (Å²) in [5.41, 5.74) is 0.959. The molecule has 0 spiro atoms. The van der Waals surface area contributed by atoms with Crippen LogP contribution in [0.15, 0.2) is 0 Å². The molecule has 2 rings (SSSR count). The van der Waals surface area contributed by atoms with Crippen LogP contribution >= 0.6 is 11.3 Å². The normalized spacial score (nSPS) is 27.3. The van der Waals surface area contributed by atoms with Crippen LogP contribution in [0.25, 0.3) is 0 Å². The lowest BCUT2D eigenvalue weighted by atomic mass is 9.86. The Morgan fingerprint density at radius 2 is 2.38 bits per heavy atom. The van der Waals surface area contributed by atoms with Crippen LogP contribution in [0.2, 0.25) is 0 Å². The Labute approximate surface area is 82.6 Å². The highest BCUT2D eigenvalue weighted by Crippen LogP contribution is 2.38. The summed E-state index contributed by atoms with van der Waals surface area (Å²) in [6, 6.07) is 0. The molecule has 3 heteroatoms. The number of fused-ring (bicyclic) bond motifs is 1. The van der Waals surface area contributed by atoms with Gasteiger partial charge in [-0.2, -0.15) is 0 Å². The highest BCUT2D eigenvalue weighted by molar-refractivity contribution is 7.11. The molecule has 1 N–H and O–H groups in total. The predicted octanol–water partition coefficient (Wildman–Crippen LogP) is 2.46. The van der Waals surface area contributed by atoms with E-state index < -0.39 is 0 Å². The minimum atomic E-state index is -0.307. The number of aromatic nitrogens is 1. The van der Waals surface area contributed by atoms with E-state index in [0.717, 1.165) is 30.0 Å². The Morgan fingerprint density at radius 3 is 3.08 bits per heavy atom. The van der Waals surface area contributed by atoms with Gasteiger partial charge in [0.05, 0.1) is 16.8 Å². The Balaban J connectivity index is 2.33. The van der Waals surface area contributed by atoms with Crippen LogP contribution in [0.1, 0.15) is 41.4 Å². The van der Waals surface area contributed by atoms with Crippen LogP contribution in [0.5, 0.6) is 0 Å². The molecule has 2 atom stereocenters. The number of aryl methyl sites for hydroxylation is 2. The standard InChI is InChI=1S/C10H15NOS/c1-3-7-4-5-8-9(10(7)12)11-6(2)13-8/h7,10,12H,3-5H2,1-2H3. The van der Waals surface area contributed by atoms with Gasteiger partial charge in [-0.1, -0.05) is 13.3 Å². The molecule has 1 aromatic heterocycles. The molecule has 72 valence electrons. The van der Waals surface area contributed by atoms with E-state index in [4.69, 9.17) is 0 Å². The zero-order valence-corrected chi connectivity index (χ0v) is 8.90. The van der Waals surface area contributed by atoms with Gasteiger partial charge in [-0.3, -0.25) is 0 Å².